The zero-order valence-electron chi connectivity index (χ0n) is 11.0. The van der Waals surface area contributed by atoms with Gasteiger partial charge in [-0.05, 0) is 19.8 Å². The monoisotopic (exact) mass is 257 g/mol. The third-order valence-corrected chi connectivity index (χ3v) is 4.07. The molecule has 1 aliphatic heterocycles. The second-order valence-corrected chi connectivity index (χ2v) is 5.75. The summed E-state index contributed by atoms with van der Waals surface area (Å²) in [5, 5.41) is 18.9. The number of aliphatic hydroxyl groups is 2. The van der Waals surface area contributed by atoms with Gasteiger partial charge in [0.15, 0.2) is 5.60 Å². The van der Waals surface area contributed by atoms with E-state index < -0.39 is 18.1 Å². The fourth-order valence-corrected chi connectivity index (χ4v) is 2.93. The summed E-state index contributed by atoms with van der Waals surface area (Å²) >= 11 is 0. The molecule has 0 unspecified atom stereocenters. The Bertz CT molecular complexity index is 305. The molecule has 1 atom stereocenters. The Morgan fingerprint density at radius 3 is 2.67 bits per heavy atom. The van der Waals surface area contributed by atoms with E-state index in [1.807, 2.05) is 0 Å². The summed E-state index contributed by atoms with van der Waals surface area (Å²) in [7, 11) is 0. The second-order valence-electron chi connectivity index (χ2n) is 5.75. The van der Waals surface area contributed by atoms with Crippen molar-refractivity contribution in [2.45, 2.75) is 50.2 Å². The van der Waals surface area contributed by atoms with Gasteiger partial charge in [0, 0.05) is 13.1 Å². The number of carbonyl (C=O) groups excluding carboxylic acids is 1. The second kappa shape index (κ2) is 5.15. The first-order chi connectivity index (χ1) is 8.49. The number of morpholine rings is 1. The molecule has 1 saturated carbocycles. The van der Waals surface area contributed by atoms with E-state index in [0.717, 1.165) is 25.7 Å². The van der Waals surface area contributed by atoms with Crippen molar-refractivity contribution < 1.29 is 19.7 Å². The summed E-state index contributed by atoms with van der Waals surface area (Å²) in [5.41, 5.74) is -1.88. The molecule has 5 heteroatoms. The van der Waals surface area contributed by atoms with Gasteiger partial charge in [-0.25, -0.2) is 0 Å². The summed E-state index contributed by atoms with van der Waals surface area (Å²) in [6.45, 7) is 2.38. The zero-order valence-corrected chi connectivity index (χ0v) is 11.0. The lowest BCUT2D eigenvalue weighted by atomic mass is 9.83. The van der Waals surface area contributed by atoms with Crippen molar-refractivity contribution in [1.29, 1.82) is 0 Å². The molecular formula is C13H23NO4. The average Bonchev–Trinajstić information content (AvgIpc) is 2.39. The molecule has 1 amide bonds. The topological polar surface area (TPSA) is 70.0 Å². The van der Waals surface area contributed by atoms with Crippen LogP contribution in [0.15, 0.2) is 0 Å². The number of nitrogens with zero attached hydrogens (tertiary/aromatic N) is 1. The van der Waals surface area contributed by atoms with E-state index in [4.69, 9.17) is 9.84 Å². The van der Waals surface area contributed by atoms with Gasteiger partial charge in [-0.1, -0.05) is 19.3 Å². The molecule has 1 saturated heterocycles. The Morgan fingerprint density at radius 1 is 1.39 bits per heavy atom. The molecule has 104 valence electrons. The predicted octanol–water partition coefficient (Wildman–Crippen LogP) is 0.291. The van der Waals surface area contributed by atoms with Crippen molar-refractivity contribution in [2.24, 2.45) is 0 Å². The predicted molar refractivity (Wildman–Crippen MR) is 66.1 cm³/mol. The van der Waals surface area contributed by atoms with Gasteiger partial charge >= 0.3 is 0 Å². The van der Waals surface area contributed by atoms with Crippen molar-refractivity contribution in [1.82, 2.24) is 4.90 Å². The zero-order chi connectivity index (χ0) is 13.2. The highest BCUT2D eigenvalue weighted by Crippen LogP contribution is 2.34. The quantitative estimate of drug-likeness (QED) is 0.746. The van der Waals surface area contributed by atoms with Gasteiger partial charge in [-0.15, -0.1) is 0 Å². The molecule has 0 radical (unpaired) electrons. The Kier molecular flexibility index (Phi) is 3.94. The van der Waals surface area contributed by atoms with Crippen molar-refractivity contribution >= 4 is 5.91 Å². The number of ether oxygens (including phenoxy) is 1. The number of aliphatic hydroxyl groups excluding tert-OH is 1. The number of rotatable bonds is 2. The Hall–Kier alpha value is -0.650. The standard InChI is InChI=1S/C13H23NO4/c1-12(17,10-15)11(16)14-7-8-18-13(9-14)5-3-2-4-6-13/h15,17H,2-10H2,1H3/t12-/m0/s1. The maximum Gasteiger partial charge on any atom is 0.256 e. The third-order valence-electron chi connectivity index (χ3n) is 4.07. The molecule has 1 spiro atoms. The third kappa shape index (κ3) is 2.68. The van der Waals surface area contributed by atoms with Gasteiger partial charge in [-0.2, -0.15) is 0 Å². The first kappa shape index (κ1) is 13.8. The Balaban J connectivity index is 2.04. The van der Waals surface area contributed by atoms with Crippen LogP contribution in [-0.4, -0.2) is 58.5 Å². The first-order valence-electron chi connectivity index (χ1n) is 6.76. The number of carbonyl (C=O) groups is 1. The van der Waals surface area contributed by atoms with E-state index >= 15 is 0 Å². The molecule has 5 nitrogen and oxygen atoms in total. The molecule has 2 aliphatic rings. The van der Waals surface area contributed by atoms with E-state index in [0.29, 0.717) is 19.7 Å². The summed E-state index contributed by atoms with van der Waals surface area (Å²) in [5.74, 6) is -0.391. The lowest BCUT2D eigenvalue weighted by Gasteiger charge is -2.46. The summed E-state index contributed by atoms with van der Waals surface area (Å²) in [4.78, 5) is 13.8. The van der Waals surface area contributed by atoms with E-state index in [1.165, 1.54) is 13.3 Å². The number of amides is 1. The van der Waals surface area contributed by atoms with Gasteiger partial charge < -0.3 is 19.8 Å². The highest BCUT2D eigenvalue weighted by Gasteiger charge is 2.42. The van der Waals surface area contributed by atoms with Crippen LogP contribution in [0.5, 0.6) is 0 Å². The van der Waals surface area contributed by atoms with E-state index in [-0.39, 0.29) is 5.60 Å². The molecular weight excluding hydrogens is 234 g/mol. The normalized spacial score (nSPS) is 26.9. The highest BCUT2D eigenvalue weighted by molar-refractivity contribution is 5.84. The van der Waals surface area contributed by atoms with Crippen LogP contribution in [0.1, 0.15) is 39.0 Å². The van der Waals surface area contributed by atoms with Crippen molar-refractivity contribution in [3.05, 3.63) is 0 Å². The molecule has 2 rings (SSSR count). The number of hydrogen-bond donors (Lipinski definition) is 2. The fourth-order valence-electron chi connectivity index (χ4n) is 2.93. The molecule has 1 heterocycles. The molecule has 0 aromatic rings. The van der Waals surface area contributed by atoms with Crippen LogP contribution in [0.2, 0.25) is 0 Å². The lowest BCUT2D eigenvalue weighted by Crippen LogP contribution is -2.59. The molecule has 2 fully saturated rings. The van der Waals surface area contributed by atoms with Crippen LogP contribution in [0, 0.1) is 0 Å². The summed E-state index contributed by atoms with van der Waals surface area (Å²) in [6.07, 6.45) is 5.47. The largest absolute Gasteiger partial charge is 0.393 e. The van der Waals surface area contributed by atoms with Crippen molar-refractivity contribution in [2.75, 3.05) is 26.3 Å². The van der Waals surface area contributed by atoms with Crippen LogP contribution >= 0.6 is 0 Å². The lowest BCUT2D eigenvalue weighted by molar-refractivity contribution is -0.173. The maximum atomic E-state index is 12.1. The highest BCUT2D eigenvalue weighted by atomic mass is 16.5. The van der Waals surface area contributed by atoms with Crippen LogP contribution in [-0.2, 0) is 9.53 Å². The van der Waals surface area contributed by atoms with E-state index in [9.17, 15) is 9.90 Å². The van der Waals surface area contributed by atoms with Gasteiger partial charge in [-0.3, -0.25) is 4.79 Å². The summed E-state index contributed by atoms with van der Waals surface area (Å²) in [6, 6.07) is 0. The van der Waals surface area contributed by atoms with Gasteiger partial charge in [0.1, 0.15) is 0 Å². The van der Waals surface area contributed by atoms with Crippen molar-refractivity contribution in [3.8, 4) is 0 Å². The first-order valence-corrected chi connectivity index (χ1v) is 6.76. The van der Waals surface area contributed by atoms with Gasteiger partial charge in [0.05, 0.1) is 18.8 Å². The van der Waals surface area contributed by atoms with E-state index in [2.05, 4.69) is 0 Å². The molecule has 0 aromatic carbocycles. The Morgan fingerprint density at radius 2 is 2.06 bits per heavy atom. The molecule has 0 aromatic heterocycles. The Labute approximate surface area is 108 Å². The van der Waals surface area contributed by atoms with Crippen LogP contribution in [0.3, 0.4) is 0 Å². The maximum absolute atomic E-state index is 12.1. The minimum absolute atomic E-state index is 0.211. The summed E-state index contributed by atoms with van der Waals surface area (Å²) < 4.78 is 5.90. The smallest absolute Gasteiger partial charge is 0.256 e. The molecule has 1 aliphatic carbocycles. The average molecular weight is 257 g/mol. The minimum Gasteiger partial charge on any atom is -0.393 e. The SMILES string of the molecule is C[C@](O)(CO)C(=O)N1CCOC2(CCCCC2)C1. The van der Waals surface area contributed by atoms with Crippen LogP contribution < -0.4 is 0 Å². The minimum atomic E-state index is -1.67. The molecule has 0 bridgehead atoms. The molecule has 2 N–H and O–H groups in total. The van der Waals surface area contributed by atoms with Gasteiger partial charge in [0.2, 0.25) is 0 Å². The molecule has 18 heavy (non-hydrogen) atoms. The fraction of sp³-hybridized carbons (Fsp3) is 0.923. The van der Waals surface area contributed by atoms with Gasteiger partial charge in [0.25, 0.3) is 5.91 Å². The van der Waals surface area contributed by atoms with E-state index in [1.54, 1.807) is 4.90 Å². The van der Waals surface area contributed by atoms with Crippen LogP contribution in [0.4, 0.5) is 0 Å². The van der Waals surface area contributed by atoms with Crippen LogP contribution in [0.25, 0.3) is 0 Å². The van der Waals surface area contributed by atoms with Crippen molar-refractivity contribution in [3.63, 3.8) is 0 Å². The number of hydrogen-bond acceptors (Lipinski definition) is 4.